The zero-order chi connectivity index (χ0) is 15.8. The van der Waals surface area contributed by atoms with Crippen LogP contribution >= 0.6 is 11.3 Å². The molecule has 0 bridgehead atoms. The SMILES string of the molecule is N#Cc1cnn(-c2ncnc3scc(-c4ccccc4)c23)c1N. The van der Waals surface area contributed by atoms with Crippen molar-refractivity contribution in [2.24, 2.45) is 0 Å². The van der Waals surface area contributed by atoms with Gasteiger partial charge in [0.05, 0.1) is 11.6 Å². The van der Waals surface area contributed by atoms with E-state index in [1.807, 2.05) is 41.8 Å². The van der Waals surface area contributed by atoms with Gasteiger partial charge in [-0.2, -0.15) is 15.0 Å². The molecule has 0 fully saturated rings. The Labute approximate surface area is 135 Å². The Bertz CT molecular complexity index is 1040. The van der Waals surface area contributed by atoms with E-state index < -0.39 is 0 Å². The van der Waals surface area contributed by atoms with Gasteiger partial charge in [-0.15, -0.1) is 11.3 Å². The molecule has 4 rings (SSSR count). The number of hydrogen-bond donors (Lipinski definition) is 1. The Morgan fingerprint density at radius 2 is 2.00 bits per heavy atom. The van der Waals surface area contributed by atoms with Gasteiger partial charge in [-0.1, -0.05) is 30.3 Å². The van der Waals surface area contributed by atoms with Crippen molar-refractivity contribution >= 4 is 27.4 Å². The second-order valence-corrected chi connectivity index (χ2v) is 5.72. The van der Waals surface area contributed by atoms with E-state index in [1.165, 1.54) is 28.5 Å². The van der Waals surface area contributed by atoms with Gasteiger partial charge in [-0.25, -0.2) is 9.97 Å². The molecule has 0 amide bonds. The number of nitrogens with zero attached hydrogens (tertiary/aromatic N) is 5. The number of nitrogen functional groups attached to an aromatic ring is 1. The molecule has 0 aliphatic carbocycles. The summed E-state index contributed by atoms with van der Waals surface area (Å²) in [5.41, 5.74) is 8.44. The molecule has 0 saturated heterocycles. The number of hydrogen-bond acceptors (Lipinski definition) is 6. The fraction of sp³-hybridized carbons (Fsp3) is 0. The summed E-state index contributed by atoms with van der Waals surface area (Å²) in [5.74, 6) is 0.854. The zero-order valence-electron chi connectivity index (χ0n) is 11.8. The zero-order valence-corrected chi connectivity index (χ0v) is 12.7. The molecule has 0 spiro atoms. The number of nitriles is 1. The third kappa shape index (κ3) is 2.05. The predicted octanol–water partition coefficient (Wildman–Crippen LogP) is 3.00. The normalized spacial score (nSPS) is 10.7. The second-order valence-electron chi connectivity index (χ2n) is 4.86. The highest BCUT2D eigenvalue weighted by molar-refractivity contribution is 7.17. The van der Waals surface area contributed by atoms with E-state index in [0.29, 0.717) is 11.4 Å². The molecule has 0 radical (unpaired) electrons. The molecular formula is C16H10N6S. The first kappa shape index (κ1) is 13.4. The lowest BCUT2D eigenvalue weighted by atomic mass is 10.1. The maximum Gasteiger partial charge on any atom is 0.168 e. The van der Waals surface area contributed by atoms with Gasteiger partial charge in [0.15, 0.2) is 5.82 Å². The van der Waals surface area contributed by atoms with Gasteiger partial charge >= 0.3 is 0 Å². The van der Waals surface area contributed by atoms with Crippen LogP contribution in [0.4, 0.5) is 5.82 Å². The number of benzene rings is 1. The highest BCUT2D eigenvalue weighted by atomic mass is 32.1. The van der Waals surface area contributed by atoms with Crippen LogP contribution < -0.4 is 5.73 Å². The van der Waals surface area contributed by atoms with E-state index in [-0.39, 0.29) is 5.82 Å². The molecule has 0 atom stereocenters. The Balaban J connectivity index is 2.03. The monoisotopic (exact) mass is 318 g/mol. The Kier molecular flexibility index (Phi) is 3.03. The van der Waals surface area contributed by atoms with Gasteiger partial charge in [0.25, 0.3) is 0 Å². The summed E-state index contributed by atoms with van der Waals surface area (Å²) in [6.07, 6.45) is 2.92. The van der Waals surface area contributed by atoms with E-state index in [0.717, 1.165) is 21.3 Å². The molecule has 0 saturated carbocycles. The van der Waals surface area contributed by atoms with Crippen LogP contribution in [0.1, 0.15) is 5.56 Å². The number of anilines is 1. The Morgan fingerprint density at radius 3 is 2.74 bits per heavy atom. The first-order chi connectivity index (χ1) is 11.3. The molecule has 1 aromatic carbocycles. The van der Waals surface area contributed by atoms with Crippen LogP contribution in [0, 0.1) is 11.3 Å². The van der Waals surface area contributed by atoms with Crippen molar-refractivity contribution < 1.29 is 0 Å². The van der Waals surface area contributed by atoms with Crippen LogP contribution in [0.5, 0.6) is 0 Å². The largest absolute Gasteiger partial charge is 0.382 e. The Morgan fingerprint density at radius 1 is 1.17 bits per heavy atom. The van der Waals surface area contributed by atoms with Gasteiger partial charge in [0.1, 0.15) is 28.6 Å². The van der Waals surface area contributed by atoms with Crippen LogP contribution in [0.2, 0.25) is 0 Å². The lowest BCUT2D eigenvalue weighted by Gasteiger charge is -2.07. The van der Waals surface area contributed by atoms with E-state index in [2.05, 4.69) is 15.1 Å². The van der Waals surface area contributed by atoms with Gasteiger partial charge in [0.2, 0.25) is 0 Å². The summed E-state index contributed by atoms with van der Waals surface area (Å²) in [4.78, 5) is 9.53. The first-order valence-corrected chi connectivity index (χ1v) is 7.69. The fourth-order valence-corrected chi connectivity index (χ4v) is 3.37. The third-order valence-electron chi connectivity index (χ3n) is 3.56. The minimum Gasteiger partial charge on any atom is -0.382 e. The number of aromatic nitrogens is 4. The van der Waals surface area contributed by atoms with Crippen LogP contribution in [-0.2, 0) is 0 Å². The molecule has 3 heterocycles. The second kappa shape index (κ2) is 5.19. The number of nitrogens with two attached hydrogens (primary N) is 1. The quantitative estimate of drug-likeness (QED) is 0.613. The molecule has 7 heteroatoms. The molecule has 0 aliphatic rings. The molecule has 110 valence electrons. The van der Waals surface area contributed by atoms with Gasteiger partial charge < -0.3 is 5.73 Å². The third-order valence-corrected chi connectivity index (χ3v) is 4.45. The van der Waals surface area contributed by atoms with Gasteiger partial charge in [-0.3, -0.25) is 0 Å². The van der Waals surface area contributed by atoms with Crippen molar-refractivity contribution in [1.82, 2.24) is 19.7 Å². The Hall–Kier alpha value is -3.24. The summed E-state index contributed by atoms with van der Waals surface area (Å²) >= 11 is 1.54. The smallest absolute Gasteiger partial charge is 0.168 e. The summed E-state index contributed by atoms with van der Waals surface area (Å²) < 4.78 is 1.49. The molecule has 0 aliphatic heterocycles. The van der Waals surface area contributed by atoms with Crippen LogP contribution in [-0.4, -0.2) is 19.7 Å². The summed E-state index contributed by atoms with van der Waals surface area (Å²) in [5, 5.41) is 16.2. The van der Waals surface area contributed by atoms with E-state index in [9.17, 15) is 0 Å². The molecule has 23 heavy (non-hydrogen) atoms. The summed E-state index contributed by atoms with van der Waals surface area (Å²) in [6, 6.07) is 12.0. The number of thiophene rings is 1. The average Bonchev–Trinajstić information content (AvgIpc) is 3.19. The maximum absolute atomic E-state index is 9.07. The maximum atomic E-state index is 9.07. The molecule has 6 nitrogen and oxygen atoms in total. The highest BCUT2D eigenvalue weighted by Crippen LogP contribution is 2.36. The minimum absolute atomic E-state index is 0.276. The average molecular weight is 318 g/mol. The van der Waals surface area contributed by atoms with Crippen LogP contribution in [0.25, 0.3) is 27.2 Å². The van der Waals surface area contributed by atoms with E-state index in [4.69, 9.17) is 11.0 Å². The summed E-state index contributed by atoms with van der Waals surface area (Å²) in [6.45, 7) is 0. The van der Waals surface area contributed by atoms with Gasteiger partial charge in [-0.05, 0) is 5.56 Å². The minimum atomic E-state index is 0.276. The van der Waals surface area contributed by atoms with Crippen molar-refractivity contribution in [1.29, 1.82) is 5.26 Å². The molecule has 3 aromatic heterocycles. The molecule has 2 N–H and O–H groups in total. The van der Waals surface area contributed by atoms with Crippen molar-refractivity contribution in [2.75, 3.05) is 5.73 Å². The van der Waals surface area contributed by atoms with Crippen LogP contribution in [0.15, 0.2) is 48.2 Å². The standard InChI is InChI=1S/C16H10N6S/c17-6-11-7-21-22(14(11)18)15-13-12(10-4-2-1-3-5-10)8-23-16(13)20-9-19-15/h1-5,7-9H,18H2. The lowest BCUT2D eigenvalue weighted by molar-refractivity contribution is 0.862. The summed E-state index contributed by atoms with van der Waals surface area (Å²) in [7, 11) is 0. The molecular weight excluding hydrogens is 308 g/mol. The molecule has 0 unspecified atom stereocenters. The van der Waals surface area contributed by atoms with Crippen molar-refractivity contribution in [3.8, 4) is 23.0 Å². The highest BCUT2D eigenvalue weighted by Gasteiger charge is 2.17. The topological polar surface area (TPSA) is 93.4 Å². The number of rotatable bonds is 2. The first-order valence-electron chi connectivity index (χ1n) is 6.81. The fourth-order valence-electron chi connectivity index (χ4n) is 2.46. The van der Waals surface area contributed by atoms with E-state index in [1.54, 1.807) is 0 Å². The number of fused-ring (bicyclic) bond motifs is 1. The van der Waals surface area contributed by atoms with Gasteiger partial charge in [0, 0.05) is 10.9 Å². The van der Waals surface area contributed by atoms with Crippen LogP contribution in [0.3, 0.4) is 0 Å². The van der Waals surface area contributed by atoms with Crippen molar-refractivity contribution in [3.05, 3.63) is 53.8 Å². The molecule has 4 aromatic rings. The van der Waals surface area contributed by atoms with E-state index >= 15 is 0 Å². The lowest BCUT2D eigenvalue weighted by Crippen LogP contribution is -2.05. The van der Waals surface area contributed by atoms with Crippen molar-refractivity contribution in [3.63, 3.8) is 0 Å². The predicted molar refractivity (Wildman–Crippen MR) is 89.1 cm³/mol. The van der Waals surface area contributed by atoms with Crippen molar-refractivity contribution in [2.45, 2.75) is 0 Å².